The predicted octanol–water partition coefficient (Wildman–Crippen LogP) is 3.19. The van der Waals surface area contributed by atoms with Crippen molar-refractivity contribution in [1.82, 2.24) is 15.3 Å². The molecule has 29 heavy (non-hydrogen) atoms. The molecule has 0 amide bonds. The molecule has 1 aromatic carbocycles. The fraction of sp³-hybridized carbons (Fsp3) is 0.227. The molecule has 1 fully saturated rings. The molecule has 0 spiro atoms. The molecule has 1 aliphatic rings. The van der Waals surface area contributed by atoms with E-state index < -0.39 is 0 Å². The molecule has 0 saturated carbocycles. The number of nitrogens with one attached hydrogen (secondary N) is 1. The van der Waals surface area contributed by atoms with Crippen molar-refractivity contribution in [1.29, 1.82) is 0 Å². The van der Waals surface area contributed by atoms with E-state index in [4.69, 9.17) is 10.5 Å². The van der Waals surface area contributed by atoms with E-state index in [9.17, 15) is 4.79 Å². The highest BCUT2D eigenvalue weighted by molar-refractivity contribution is 6.10. The fourth-order valence-corrected chi connectivity index (χ4v) is 3.49. The Morgan fingerprint density at radius 3 is 2.79 bits per heavy atom. The van der Waals surface area contributed by atoms with Gasteiger partial charge in [-0.2, -0.15) is 0 Å². The Balaban J connectivity index is 0.00000171. The lowest BCUT2D eigenvalue weighted by Crippen LogP contribution is -2.46. The number of ether oxygens (including phenoxy) is 1. The number of benzene rings is 1. The molecule has 3 N–H and O–H groups in total. The van der Waals surface area contributed by atoms with Crippen molar-refractivity contribution < 1.29 is 13.8 Å². The van der Waals surface area contributed by atoms with E-state index in [0.717, 1.165) is 31.2 Å². The van der Waals surface area contributed by atoms with Crippen LogP contribution in [-0.2, 0) is 0 Å². The Morgan fingerprint density at radius 2 is 2.03 bits per heavy atom. The lowest BCUT2D eigenvalue weighted by molar-refractivity contribution is 0.103. The molecule has 3 aromatic rings. The van der Waals surface area contributed by atoms with Crippen molar-refractivity contribution in [3.05, 3.63) is 77.6 Å². The number of nitrogens with two attached hydrogens (primary N) is 1. The quantitative estimate of drug-likeness (QED) is 0.641. The van der Waals surface area contributed by atoms with E-state index in [1.165, 1.54) is 5.56 Å². The van der Waals surface area contributed by atoms with Gasteiger partial charge in [0.1, 0.15) is 23.1 Å². The molecule has 0 bridgehead atoms. The van der Waals surface area contributed by atoms with Gasteiger partial charge in [-0.25, -0.2) is 9.97 Å². The number of hydrogen-bond donors (Lipinski definition) is 2. The zero-order chi connectivity index (χ0) is 20.2. The first-order valence-electron chi connectivity index (χ1n) is 9.50. The van der Waals surface area contributed by atoms with Gasteiger partial charge in [-0.1, -0.05) is 18.2 Å². The molecule has 154 valence electrons. The monoisotopic (exact) mass is 395 g/mol. The molecule has 1 aliphatic heterocycles. The topological polar surface area (TPSA) is 93.4 Å². The maximum Gasteiger partial charge on any atom is 0.215 e. The average Bonchev–Trinajstić information content (AvgIpc) is 2.79. The SMILES string of the molecule is COc1ccc(C2CN(c3cccc(C(=O)c4cccnc4N)n3)CCN2)cc1.[HH].[HH].[HH]. The van der Waals surface area contributed by atoms with E-state index in [1.807, 2.05) is 24.3 Å². The molecular weight excluding hydrogens is 366 g/mol. The van der Waals surface area contributed by atoms with E-state index in [1.54, 1.807) is 31.5 Å². The summed E-state index contributed by atoms with van der Waals surface area (Å²) in [6, 6.07) is 17.1. The number of anilines is 2. The molecule has 0 aliphatic carbocycles. The largest absolute Gasteiger partial charge is 0.497 e. The number of carbonyl (C=O) groups excluding carboxylic acids is 1. The van der Waals surface area contributed by atoms with Gasteiger partial charge in [-0.15, -0.1) is 0 Å². The number of nitrogen functional groups attached to an aromatic ring is 1. The van der Waals surface area contributed by atoms with Gasteiger partial charge in [0.05, 0.1) is 12.7 Å². The third-order valence-electron chi connectivity index (χ3n) is 5.07. The molecule has 1 saturated heterocycles. The summed E-state index contributed by atoms with van der Waals surface area (Å²) in [7, 11) is 1.66. The highest BCUT2D eigenvalue weighted by Crippen LogP contribution is 2.24. The molecule has 1 atom stereocenters. The first-order valence-corrected chi connectivity index (χ1v) is 9.50. The van der Waals surface area contributed by atoms with Crippen molar-refractivity contribution in [2.45, 2.75) is 6.04 Å². The zero-order valence-corrected chi connectivity index (χ0v) is 16.2. The second-order valence-corrected chi connectivity index (χ2v) is 6.87. The molecule has 7 heteroatoms. The Labute approximate surface area is 174 Å². The number of rotatable bonds is 5. The standard InChI is InChI=1S/C22H23N5O2.3H2/c1-29-16-9-7-15(8-10-16)19-14-27(13-12-24-19)20-6-2-5-18(26-20)21(28)17-4-3-11-25-22(17)23;;;/h2-11,19,24H,12-14H2,1H3,(H2,23,25);3*1H. The highest BCUT2D eigenvalue weighted by atomic mass is 16.5. The molecule has 4 rings (SSSR count). The highest BCUT2D eigenvalue weighted by Gasteiger charge is 2.23. The maximum atomic E-state index is 12.8. The Morgan fingerprint density at radius 1 is 1.21 bits per heavy atom. The third kappa shape index (κ3) is 4.05. The lowest BCUT2D eigenvalue weighted by atomic mass is 10.0. The molecule has 2 aromatic heterocycles. The zero-order valence-electron chi connectivity index (χ0n) is 16.2. The second-order valence-electron chi connectivity index (χ2n) is 6.87. The minimum atomic E-state index is -0.223. The molecule has 7 nitrogen and oxygen atoms in total. The van der Waals surface area contributed by atoms with Crippen LogP contribution in [0.3, 0.4) is 0 Å². The number of hydrogen-bond acceptors (Lipinski definition) is 7. The van der Waals surface area contributed by atoms with Crippen LogP contribution in [0.5, 0.6) is 5.75 Å². The first-order chi connectivity index (χ1) is 14.2. The molecule has 1 unspecified atom stereocenters. The van der Waals surface area contributed by atoms with E-state index in [2.05, 4.69) is 32.3 Å². The van der Waals surface area contributed by atoms with Gasteiger partial charge in [0, 0.05) is 36.2 Å². The average molecular weight is 396 g/mol. The summed E-state index contributed by atoms with van der Waals surface area (Å²) >= 11 is 0. The van der Waals surface area contributed by atoms with E-state index in [0.29, 0.717) is 11.3 Å². The summed E-state index contributed by atoms with van der Waals surface area (Å²) < 4.78 is 5.24. The normalized spacial score (nSPS) is 16.4. The summed E-state index contributed by atoms with van der Waals surface area (Å²) in [6.45, 7) is 2.39. The van der Waals surface area contributed by atoms with Crippen molar-refractivity contribution in [3.63, 3.8) is 0 Å². The van der Waals surface area contributed by atoms with E-state index in [-0.39, 0.29) is 21.9 Å². The van der Waals surface area contributed by atoms with Gasteiger partial charge in [-0.3, -0.25) is 4.79 Å². The molecule has 0 radical (unpaired) electrons. The van der Waals surface area contributed by atoms with Crippen LogP contribution in [0.25, 0.3) is 0 Å². The Kier molecular flexibility index (Phi) is 5.39. The van der Waals surface area contributed by atoms with Gasteiger partial charge >= 0.3 is 0 Å². The van der Waals surface area contributed by atoms with Gasteiger partial charge in [0.25, 0.3) is 0 Å². The van der Waals surface area contributed by atoms with Crippen LogP contribution in [0.1, 0.15) is 31.9 Å². The summed E-state index contributed by atoms with van der Waals surface area (Å²) in [5, 5.41) is 3.54. The summed E-state index contributed by atoms with van der Waals surface area (Å²) in [5.74, 6) is 1.60. The Bertz CT molecular complexity index is 1020. The minimum absolute atomic E-state index is 0. The number of aromatic nitrogens is 2. The summed E-state index contributed by atoms with van der Waals surface area (Å²) in [5.41, 5.74) is 7.77. The van der Waals surface area contributed by atoms with Gasteiger partial charge in [0.15, 0.2) is 0 Å². The number of nitrogens with zero attached hydrogens (tertiary/aromatic N) is 3. The van der Waals surface area contributed by atoms with Crippen molar-refractivity contribution in [3.8, 4) is 5.75 Å². The number of methoxy groups -OCH3 is 1. The fourth-order valence-electron chi connectivity index (χ4n) is 3.49. The number of carbonyl (C=O) groups is 1. The number of piperazine rings is 1. The maximum absolute atomic E-state index is 12.8. The van der Waals surface area contributed by atoms with Crippen LogP contribution in [0.4, 0.5) is 11.6 Å². The van der Waals surface area contributed by atoms with Crippen LogP contribution in [-0.4, -0.2) is 42.5 Å². The number of pyridine rings is 2. The van der Waals surface area contributed by atoms with Gasteiger partial charge < -0.3 is 20.7 Å². The Hall–Kier alpha value is -3.45. The first kappa shape index (κ1) is 18.9. The summed E-state index contributed by atoms with van der Waals surface area (Å²) in [6.07, 6.45) is 1.57. The van der Waals surface area contributed by atoms with Crippen LogP contribution < -0.4 is 20.7 Å². The summed E-state index contributed by atoms with van der Waals surface area (Å²) in [4.78, 5) is 23.6. The lowest BCUT2D eigenvalue weighted by Gasteiger charge is -2.35. The minimum Gasteiger partial charge on any atom is -0.497 e. The van der Waals surface area contributed by atoms with Crippen molar-refractivity contribution in [2.24, 2.45) is 0 Å². The van der Waals surface area contributed by atoms with Gasteiger partial charge in [-0.05, 0) is 42.0 Å². The van der Waals surface area contributed by atoms with Gasteiger partial charge in [0.2, 0.25) is 5.78 Å². The van der Waals surface area contributed by atoms with Crippen LogP contribution in [0.15, 0.2) is 60.8 Å². The third-order valence-corrected chi connectivity index (χ3v) is 5.07. The molecule has 3 heterocycles. The predicted molar refractivity (Wildman–Crippen MR) is 119 cm³/mol. The molecular formula is C22H29N5O2. The van der Waals surface area contributed by atoms with Crippen LogP contribution in [0, 0.1) is 0 Å². The van der Waals surface area contributed by atoms with Crippen molar-refractivity contribution in [2.75, 3.05) is 37.4 Å². The van der Waals surface area contributed by atoms with Crippen LogP contribution in [0.2, 0.25) is 0 Å². The van der Waals surface area contributed by atoms with E-state index >= 15 is 0 Å². The second kappa shape index (κ2) is 8.28. The smallest absolute Gasteiger partial charge is 0.215 e. The number of ketones is 1. The van der Waals surface area contributed by atoms with Crippen LogP contribution >= 0.6 is 0 Å². The van der Waals surface area contributed by atoms with Crippen molar-refractivity contribution >= 4 is 17.4 Å².